The maximum atomic E-state index is 12.5. The number of aromatic nitrogens is 3. The molecule has 2 heterocycles. The molecule has 4 rings (SSSR count). The van der Waals surface area contributed by atoms with E-state index < -0.39 is 10.0 Å². The number of benzene rings is 1. The predicted octanol–water partition coefficient (Wildman–Crippen LogP) is 5.69. The maximum Gasteiger partial charge on any atom is 0.242 e. The van der Waals surface area contributed by atoms with Crippen LogP contribution in [0.15, 0.2) is 41.4 Å². The van der Waals surface area contributed by atoms with E-state index in [0.717, 1.165) is 41.4 Å². The SMILES string of the molecule is CCCN(CCC)[C@H]1CC[C@H](Nc2cc(Nc3ccc(S(=O)(=O)N(C)C)cc3)n3ncc(C(C)C)c3n2)CC1. The minimum absolute atomic E-state index is 0.258. The van der Waals surface area contributed by atoms with Crippen molar-refractivity contribution in [2.24, 2.45) is 0 Å². The van der Waals surface area contributed by atoms with Crippen LogP contribution in [0.1, 0.15) is 77.7 Å². The van der Waals surface area contributed by atoms with Gasteiger partial charge >= 0.3 is 0 Å². The van der Waals surface area contributed by atoms with Crippen molar-refractivity contribution in [3.8, 4) is 0 Å². The Labute approximate surface area is 234 Å². The van der Waals surface area contributed by atoms with Gasteiger partial charge in [-0.1, -0.05) is 27.7 Å². The largest absolute Gasteiger partial charge is 0.367 e. The summed E-state index contributed by atoms with van der Waals surface area (Å²) in [5, 5.41) is 11.8. The summed E-state index contributed by atoms with van der Waals surface area (Å²) in [6.07, 6.45) is 8.96. The standard InChI is InChI=1S/C29H45N7O2S/c1-7-17-35(18-8-2)24-13-9-22(10-14-24)31-27-19-28(36-29(33-27)26(20-30-36)21(3)4)32-23-11-15-25(16-12-23)39(37,38)34(5)6/h11-12,15-16,19-22,24,32H,7-10,13-14,17-18H2,1-6H3,(H,31,33)/t22-,24-. The van der Waals surface area contributed by atoms with Gasteiger partial charge in [-0.25, -0.2) is 17.7 Å². The molecule has 1 aromatic carbocycles. The van der Waals surface area contributed by atoms with Crippen LogP contribution in [-0.4, -0.2) is 71.5 Å². The lowest BCUT2D eigenvalue weighted by Crippen LogP contribution is -2.41. The molecule has 0 atom stereocenters. The monoisotopic (exact) mass is 555 g/mol. The Balaban J connectivity index is 1.55. The molecule has 2 N–H and O–H groups in total. The Hall–Kier alpha value is -2.69. The lowest BCUT2D eigenvalue weighted by molar-refractivity contribution is 0.152. The number of hydrogen-bond acceptors (Lipinski definition) is 7. The number of hydrogen-bond donors (Lipinski definition) is 2. The minimum Gasteiger partial charge on any atom is -0.367 e. The highest BCUT2D eigenvalue weighted by Crippen LogP contribution is 2.30. The molecule has 214 valence electrons. The zero-order chi connectivity index (χ0) is 28.2. The summed E-state index contributed by atoms with van der Waals surface area (Å²) < 4.78 is 28.0. The summed E-state index contributed by atoms with van der Waals surface area (Å²) in [6, 6.07) is 9.87. The quantitative estimate of drug-likeness (QED) is 0.296. The molecule has 0 amide bonds. The van der Waals surface area contributed by atoms with Crippen molar-refractivity contribution in [3.63, 3.8) is 0 Å². The second-order valence-corrected chi connectivity index (χ2v) is 13.3. The average molecular weight is 556 g/mol. The van der Waals surface area contributed by atoms with Crippen LogP contribution in [0.2, 0.25) is 0 Å². The Morgan fingerprint density at radius 2 is 1.67 bits per heavy atom. The highest BCUT2D eigenvalue weighted by atomic mass is 32.2. The molecule has 0 spiro atoms. The van der Waals surface area contributed by atoms with Gasteiger partial charge in [0, 0.05) is 43.5 Å². The third-order valence-corrected chi connectivity index (χ3v) is 9.44. The molecule has 0 radical (unpaired) electrons. The van der Waals surface area contributed by atoms with Gasteiger partial charge in [-0.15, -0.1) is 0 Å². The van der Waals surface area contributed by atoms with Crippen molar-refractivity contribution in [3.05, 3.63) is 42.1 Å². The lowest BCUT2D eigenvalue weighted by atomic mass is 9.90. The highest BCUT2D eigenvalue weighted by Gasteiger charge is 2.26. The molecule has 0 aliphatic heterocycles. The number of nitrogens with zero attached hydrogens (tertiary/aromatic N) is 5. The molecule has 10 heteroatoms. The van der Waals surface area contributed by atoms with E-state index in [0.29, 0.717) is 12.1 Å². The van der Waals surface area contributed by atoms with Crippen LogP contribution in [-0.2, 0) is 10.0 Å². The molecule has 1 fully saturated rings. The van der Waals surface area contributed by atoms with Crippen LogP contribution >= 0.6 is 0 Å². The molecular weight excluding hydrogens is 510 g/mol. The number of sulfonamides is 1. The molecule has 0 saturated heterocycles. The molecule has 39 heavy (non-hydrogen) atoms. The van der Waals surface area contributed by atoms with Crippen LogP contribution in [0.5, 0.6) is 0 Å². The smallest absolute Gasteiger partial charge is 0.242 e. The number of nitrogens with one attached hydrogen (secondary N) is 2. The van der Waals surface area contributed by atoms with E-state index >= 15 is 0 Å². The third kappa shape index (κ3) is 6.73. The van der Waals surface area contributed by atoms with Crippen LogP contribution in [0.3, 0.4) is 0 Å². The normalized spacial score (nSPS) is 18.4. The first-order valence-corrected chi connectivity index (χ1v) is 15.8. The van der Waals surface area contributed by atoms with E-state index in [-0.39, 0.29) is 10.8 Å². The summed E-state index contributed by atoms with van der Waals surface area (Å²) in [4.78, 5) is 7.92. The van der Waals surface area contributed by atoms with Crippen LogP contribution in [0, 0.1) is 0 Å². The van der Waals surface area contributed by atoms with Crippen LogP contribution in [0.25, 0.3) is 5.65 Å². The lowest BCUT2D eigenvalue weighted by Gasteiger charge is -2.37. The molecule has 1 aliphatic rings. The zero-order valence-electron chi connectivity index (χ0n) is 24.3. The van der Waals surface area contributed by atoms with Gasteiger partial charge in [0.1, 0.15) is 11.6 Å². The molecule has 0 unspecified atom stereocenters. The first-order valence-electron chi connectivity index (χ1n) is 14.3. The van der Waals surface area contributed by atoms with Crippen molar-refractivity contribution in [2.75, 3.05) is 37.8 Å². The molecule has 2 aromatic heterocycles. The number of fused-ring (bicyclic) bond motifs is 1. The summed E-state index contributed by atoms with van der Waals surface area (Å²) in [5.74, 6) is 1.90. The molecule has 1 saturated carbocycles. The van der Waals surface area contributed by atoms with Gasteiger partial charge in [0.2, 0.25) is 10.0 Å². The number of anilines is 3. The zero-order valence-corrected chi connectivity index (χ0v) is 25.1. The Kier molecular flexibility index (Phi) is 9.51. The molecule has 1 aliphatic carbocycles. The van der Waals surface area contributed by atoms with E-state index in [1.807, 2.05) is 16.8 Å². The molecule has 0 bridgehead atoms. The van der Waals surface area contributed by atoms with E-state index in [2.05, 4.69) is 48.3 Å². The van der Waals surface area contributed by atoms with Gasteiger partial charge in [0.05, 0.1) is 11.1 Å². The van der Waals surface area contributed by atoms with Crippen LogP contribution in [0.4, 0.5) is 17.3 Å². The van der Waals surface area contributed by atoms with E-state index in [1.165, 1.54) is 57.2 Å². The molecule has 9 nitrogen and oxygen atoms in total. The molecular formula is C29H45N7O2S. The van der Waals surface area contributed by atoms with Crippen molar-refractivity contribution in [1.82, 2.24) is 23.8 Å². The second-order valence-electron chi connectivity index (χ2n) is 11.1. The summed E-state index contributed by atoms with van der Waals surface area (Å²) >= 11 is 0. The van der Waals surface area contributed by atoms with E-state index in [1.54, 1.807) is 24.3 Å². The van der Waals surface area contributed by atoms with Gasteiger partial charge in [-0.2, -0.15) is 9.61 Å². The first-order chi connectivity index (χ1) is 18.6. The minimum atomic E-state index is -3.48. The van der Waals surface area contributed by atoms with E-state index in [9.17, 15) is 8.42 Å². The second kappa shape index (κ2) is 12.7. The topological polar surface area (TPSA) is 94.9 Å². The highest BCUT2D eigenvalue weighted by molar-refractivity contribution is 7.89. The first kappa shape index (κ1) is 29.3. The summed E-state index contributed by atoms with van der Waals surface area (Å²) in [6.45, 7) is 11.2. The average Bonchev–Trinajstić information content (AvgIpc) is 3.34. The van der Waals surface area contributed by atoms with Crippen molar-refractivity contribution >= 4 is 33.0 Å². The Morgan fingerprint density at radius 1 is 1.03 bits per heavy atom. The van der Waals surface area contributed by atoms with Gasteiger partial charge in [-0.3, -0.25) is 0 Å². The van der Waals surface area contributed by atoms with Gasteiger partial charge in [0.15, 0.2) is 5.65 Å². The third-order valence-electron chi connectivity index (χ3n) is 7.61. The van der Waals surface area contributed by atoms with Gasteiger partial charge in [-0.05, 0) is 81.8 Å². The fourth-order valence-corrected chi connectivity index (χ4v) is 6.37. The Morgan fingerprint density at radius 3 is 2.23 bits per heavy atom. The van der Waals surface area contributed by atoms with Gasteiger partial charge < -0.3 is 15.5 Å². The Bertz CT molecular complexity index is 1320. The molecule has 3 aromatic rings. The van der Waals surface area contributed by atoms with Crippen molar-refractivity contribution < 1.29 is 8.42 Å². The van der Waals surface area contributed by atoms with Gasteiger partial charge in [0.25, 0.3) is 0 Å². The predicted molar refractivity (Wildman–Crippen MR) is 159 cm³/mol. The summed E-state index contributed by atoms with van der Waals surface area (Å²) in [7, 11) is -0.413. The van der Waals surface area contributed by atoms with E-state index in [4.69, 9.17) is 4.98 Å². The van der Waals surface area contributed by atoms with Crippen LogP contribution < -0.4 is 10.6 Å². The number of rotatable bonds is 12. The van der Waals surface area contributed by atoms with Crippen molar-refractivity contribution in [2.45, 2.75) is 89.1 Å². The summed E-state index contributed by atoms with van der Waals surface area (Å²) in [5.41, 5.74) is 2.70. The fourth-order valence-electron chi connectivity index (χ4n) is 5.46. The fraction of sp³-hybridized carbons (Fsp3) is 0.586. The maximum absolute atomic E-state index is 12.5. The van der Waals surface area contributed by atoms with Crippen molar-refractivity contribution in [1.29, 1.82) is 0 Å².